The van der Waals surface area contributed by atoms with E-state index >= 15 is 0 Å². The molecule has 0 radical (unpaired) electrons. The highest BCUT2D eigenvalue weighted by Gasteiger charge is 2.03. The summed E-state index contributed by atoms with van der Waals surface area (Å²) in [5.74, 6) is -0.0944. The van der Waals surface area contributed by atoms with Crippen LogP contribution < -0.4 is 0 Å². The second kappa shape index (κ2) is 2.31. The number of hydrogen-bond donors (Lipinski definition) is 0. The van der Waals surface area contributed by atoms with Gasteiger partial charge in [0.2, 0.25) is 0 Å². The fourth-order valence-electron chi connectivity index (χ4n) is 1.22. The summed E-state index contributed by atoms with van der Waals surface area (Å²) >= 11 is 1.45. The maximum atomic E-state index is 13.0. The molecule has 0 saturated heterocycles. The Bertz CT molecular complexity index is 389. The Kier molecular flexibility index (Phi) is 1.43. The Morgan fingerprint density at radius 1 is 1.36 bits per heavy atom. The van der Waals surface area contributed by atoms with Gasteiger partial charge in [0.15, 0.2) is 0 Å². The number of aryl methyl sites for hydroxylation is 1. The van der Waals surface area contributed by atoms with Gasteiger partial charge in [-0.2, -0.15) is 0 Å². The number of fused-ring (bicyclic) bond motifs is 1. The molecule has 0 unspecified atom stereocenters. The first kappa shape index (κ1) is 6.80. The van der Waals surface area contributed by atoms with Crippen molar-refractivity contribution in [2.45, 2.75) is 6.92 Å². The summed E-state index contributed by atoms with van der Waals surface area (Å²) in [7, 11) is 0. The standard InChI is InChI=1S/C9H7FS/c1-6-3-2-4-8-9(6)7(10)5-11-8/h2-5H,1H3. The first-order chi connectivity index (χ1) is 5.29. The molecule has 1 aromatic carbocycles. The van der Waals surface area contributed by atoms with Crippen molar-refractivity contribution in [1.82, 2.24) is 0 Å². The molecule has 0 spiro atoms. The van der Waals surface area contributed by atoms with Crippen LogP contribution in [0.5, 0.6) is 0 Å². The third kappa shape index (κ3) is 0.942. The van der Waals surface area contributed by atoms with Gasteiger partial charge in [-0.15, -0.1) is 11.3 Å². The van der Waals surface area contributed by atoms with Gasteiger partial charge >= 0.3 is 0 Å². The minimum absolute atomic E-state index is 0.0944. The van der Waals surface area contributed by atoms with Crippen molar-refractivity contribution in [3.8, 4) is 0 Å². The highest BCUT2D eigenvalue weighted by Crippen LogP contribution is 2.26. The van der Waals surface area contributed by atoms with Gasteiger partial charge < -0.3 is 0 Å². The Morgan fingerprint density at radius 3 is 2.91 bits per heavy atom. The van der Waals surface area contributed by atoms with Crippen LogP contribution in [0.2, 0.25) is 0 Å². The zero-order valence-corrected chi connectivity index (χ0v) is 6.91. The van der Waals surface area contributed by atoms with Gasteiger partial charge in [-0.1, -0.05) is 12.1 Å². The van der Waals surface area contributed by atoms with E-state index in [-0.39, 0.29) is 5.82 Å². The van der Waals surface area contributed by atoms with Crippen molar-refractivity contribution < 1.29 is 4.39 Å². The molecule has 2 aromatic rings. The maximum Gasteiger partial charge on any atom is 0.141 e. The van der Waals surface area contributed by atoms with Crippen molar-refractivity contribution in [3.05, 3.63) is 35.0 Å². The fraction of sp³-hybridized carbons (Fsp3) is 0.111. The van der Waals surface area contributed by atoms with Crippen LogP contribution >= 0.6 is 11.3 Å². The van der Waals surface area contributed by atoms with Gasteiger partial charge in [0.25, 0.3) is 0 Å². The average molecular weight is 166 g/mol. The Morgan fingerprint density at radius 2 is 2.18 bits per heavy atom. The summed E-state index contributed by atoms with van der Waals surface area (Å²) in [6, 6.07) is 5.82. The van der Waals surface area contributed by atoms with E-state index in [1.54, 1.807) is 5.38 Å². The van der Waals surface area contributed by atoms with Gasteiger partial charge in [-0.25, -0.2) is 4.39 Å². The molecular weight excluding hydrogens is 159 g/mol. The van der Waals surface area contributed by atoms with E-state index in [2.05, 4.69) is 0 Å². The third-order valence-corrected chi connectivity index (χ3v) is 2.68. The average Bonchev–Trinajstić information content (AvgIpc) is 2.34. The van der Waals surface area contributed by atoms with Gasteiger partial charge in [0.05, 0.1) is 0 Å². The first-order valence-corrected chi connectivity index (χ1v) is 4.29. The van der Waals surface area contributed by atoms with Crippen LogP contribution in [-0.4, -0.2) is 0 Å². The van der Waals surface area contributed by atoms with Crippen molar-refractivity contribution in [2.24, 2.45) is 0 Å². The van der Waals surface area contributed by atoms with Crippen molar-refractivity contribution >= 4 is 21.4 Å². The van der Waals surface area contributed by atoms with Gasteiger partial charge in [-0.05, 0) is 18.6 Å². The summed E-state index contributed by atoms with van der Waals surface area (Å²) < 4.78 is 14.0. The van der Waals surface area contributed by atoms with E-state index in [1.807, 2.05) is 25.1 Å². The van der Waals surface area contributed by atoms with Crippen LogP contribution in [-0.2, 0) is 0 Å². The monoisotopic (exact) mass is 166 g/mol. The first-order valence-electron chi connectivity index (χ1n) is 3.41. The van der Waals surface area contributed by atoms with Crippen molar-refractivity contribution in [3.63, 3.8) is 0 Å². The lowest BCUT2D eigenvalue weighted by atomic mass is 10.1. The molecule has 2 heteroatoms. The fourth-order valence-corrected chi connectivity index (χ4v) is 2.10. The van der Waals surface area contributed by atoms with Crippen LogP contribution in [0, 0.1) is 12.7 Å². The molecule has 11 heavy (non-hydrogen) atoms. The van der Waals surface area contributed by atoms with E-state index in [9.17, 15) is 4.39 Å². The smallest absolute Gasteiger partial charge is 0.141 e. The molecule has 0 aliphatic carbocycles. The summed E-state index contributed by atoms with van der Waals surface area (Å²) in [5.41, 5.74) is 1.02. The van der Waals surface area contributed by atoms with Crippen molar-refractivity contribution in [1.29, 1.82) is 0 Å². The number of thiophene rings is 1. The van der Waals surface area contributed by atoms with Gasteiger partial charge in [0.1, 0.15) is 5.82 Å². The molecule has 1 aromatic heterocycles. The Balaban J connectivity index is 2.96. The van der Waals surface area contributed by atoms with E-state index in [0.717, 1.165) is 15.6 Å². The maximum absolute atomic E-state index is 13.0. The SMILES string of the molecule is Cc1cccc2scc(F)c12. The third-order valence-electron chi connectivity index (χ3n) is 1.76. The molecule has 0 fully saturated rings. The lowest BCUT2D eigenvalue weighted by Gasteiger charge is -1.93. The topological polar surface area (TPSA) is 0 Å². The molecular formula is C9H7FS. The predicted molar refractivity (Wildman–Crippen MR) is 46.5 cm³/mol. The molecule has 56 valence electrons. The molecule has 0 aliphatic rings. The number of halogens is 1. The molecule has 1 heterocycles. The van der Waals surface area contributed by atoms with Crippen molar-refractivity contribution in [2.75, 3.05) is 0 Å². The molecule has 0 N–H and O–H groups in total. The molecule has 2 rings (SSSR count). The minimum atomic E-state index is -0.0944. The molecule has 0 saturated carbocycles. The van der Waals surface area contributed by atoms with Gasteiger partial charge in [-0.3, -0.25) is 0 Å². The quantitative estimate of drug-likeness (QED) is 0.563. The van der Waals surface area contributed by atoms with Crippen LogP contribution in [0.25, 0.3) is 10.1 Å². The number of rotatable bonds is 0. The molecule has 0 amide bonds. The molecule has 0 aliphatic heterocycles. The Hall–Kier alpha value is -0.890. The minimum Gasteiger partial charge on any atom is -0.205 e. The van der Waals surface area contributed by atoms with Crippen LogP contribution in [0.4, 0.5) is 4.39 Å². The van der Waals surface area contributed by atoms with Crippen LogP contribution in [0.15, 0.2) is 23.6 Å². The largest absolute Gasteiger partial charge is 0.205 e. The second-order valence-corrected chi connectivity index (χ2v) is 3.44. The molecule has 0 atom stereocenters. The van der Waals surface area contributed by atoms with E-state index < -0.39 is 0 Å². The Labute approximate surface area is 68.3 Å². The van der Waals surface area contributed by atoms with Crippen LogP contribution in [0.1, 0.15) is 5.56 Å². The molecule has 0 nitrogen and oxygen atoms in total. The zero-order chi connectivity index (χ0) is 7.84. The summed E-state index contributed by atoms with van der Waals surface area (Å²) in [4.78, 5) is 0. The number of hydrogen-bond acceptors (Lipinski definition) is 1. The molecule has 0 bridgehead atoms. The predicted octanol–water partition coefficient (Wildman–Crippen LogP) is 3.35. The summed E-state index contributed by atoms with van der Waals surface area (Å²) in [5, 5.41) is 2.33. The van der Waals surface area contributed by atoms with E-state index in [4.69, 9.17) is 0 Å². The summed E-state index contributed by atoms with van der Waals surface area (Å²) in [6.07, 6.45) is 0. The van der Waals surface area contributed by atoms with Gasteiger partial charge in [0, 0.05) is 15.5 Å². The van der Waals surface area contributed by atoms with Crippen LogP contribution in [0.3, 0.4) is 0 Å². The normalized spacial score (nSPS) is 10.7. The zero-order valence-electron chi connectivity index (χ0n) is 6.10. The van der Waals surface area contributed by atoms with E-state index in [0.29, 0.717) is 0 Å². The summed E-state index contributed by atoms with van der Waals surface area (Å²) in [6.45, 7) is 1.93. The highest BCUT2D eigenvalue weighted by molar-refractivity contribution is 7.17. The van der Waals surface area contributed by atoms with E-state index in [1.165, 1.54) is 11.3 Å². The lowest BCUT2D eigenvalue weighted by molar-refractivity contribution is 0.643. The lowest BCUT2D eigenvalue weighted by Crippen LogP contribution is -1.74. The second-order valence-electron chi connectivity index (χ2n) is 2.53. The number of benzene rings is 1. The highest BCUT2D eigenvalue weighted by atomic mass is 32.1.